The molecule has 88 valence electrons. The summed E-state index contributed by atoms with van der Waals surface area (Å²) in [4.78, 5) is 0. The molecule has 1 aromatic rings. The first kappa shape index (κ1) is 13.6. The molecule has 0 radical (unpaired) electrons. The van der Waals surface area contributed by atoms with Gasteiger partial charge in [-0.15, -0.1) is 0 Å². The number of hydrogen-bond acceptors (Lipinski definition) is 2. The Kier molecular flexibility index (Phi) is 5.40. The Morgan fingerprint density at radius 2 is 1.75 bits per heavy atom. The third-order valence-electron chi connectivity index (χ3n) is 2.06. The van der Waals surface area contributed by atoms with Crippen molar-refractivity contribution in [2.24, 2.45) is 0 Å². The predicted molar refractivity (Wildman–Crippen MR) is 71.0 cm³/mol. The molecule has 0 fully saturated rings. The van der Waals surface area contributed by atoms with Crippen LogP contribution in [0.2, 0.25) is 0 Å². The maximum atomic E-state index is 6.33. The lowest BCUT2D eigenvalue weighted by atomic mass is 10.3. The molecule has 5 heteroatoms. The highest BCUT2D eigenvalue weighted by atomic mass is 35.7. The van der Waals surface area contributed by atoms with E-state index in [0.29, 0.717) is 5.22 Å². The summed E-state index contributed by atoms with van der Waals surface area (Å²) in [5.74, 6) is 0.809. The number of benzene rings is 1. The number of hydrogen-bond donors (Lipinski definition) is 0. The normalized spacial score (nSPS) is 14.1. The molecule has 0 aliphatic carbocycles. The zero-order chi connectivity index (χ0) is 12.1. The Balaban J connectivity index is 2.92. The molecule has 1 atom stereocenters. The second-order valence-corrected chi connectivity index (χ2v) is 6.15. The fourth-order valence-electron chi connectivity index (χ4n) is 1.13. The van der Waals surface area contributed by atoms with Crippen molar-refractivity contribution in [3.63, 3.8) is 0 Å². The van der Waals surface area contributed by atoms with Crippen LogP contribution in [0.25, 0.3) is 0 Å². The first-order chi connectivity index (χ1) is 7.60. The van der Waals surface area contributed by atoms with Crippen molar-refractivity contribution < 1.29 is 9.47 Å². The number of methoxy groups -OCH3 is 2. The highest BCUT2D eigenvalue weighted by Crippen LogP contribution is 2.50. The quantitative estimate of drug-likeness (QED) is 0.612. The van der Waals surface area contributed by atoms with Gasteiger partial charge >= 0.3 is 0 Å². The van der Waals surface area contributed by atoms with E-state index in [-0.39, 0.29) is 0 Å². The SMILES string of the molecule is CO/C(Cl)=C(/C)P(Cl)c1ccc(OC)cc1. The van der Waals surface area contributed by atoms with E-state index >= 15 is 0 Å². The third kappa shape index (κ3) is 3.28. The Morgan fingerprint density at radius 1 is 1.19 bits per heavy atom. The van der Waals surface area contributed by atoms with Gasteiger partial charge in [-0.2, -0.15) is 0 Å². The van der Waals surface area contributed by atoms with Gasteiger partial charge in [0.1, 0.15) is 5.75 Å². The Bertz CT molecular complexity index is 376. The van der Waals surface area contributed by atoms with Gasteiger partial charge in [0.2, 0.25) is 0 Å². The Labute approximate surface area is 107 Å². The van der Waals surface area contributed by atoms with Crippen LogP contribution in [0, 0.1) is 0 Å². The zero-order valence-corrected chi connectivity index (χ0v) is 11.7. The van der Waals surface area contributed by atoms with Gasteiger partial charge in [0.15, 0.2) is 5.22 Å². The van der Waals surface area contributed by atoms with E-state index in [0.717, 1.165) is 16.4 Å². The van der Waals surface area contributed by atoms with Gasteiger partial charge in [0.25, 0.3) is 0 Å². The van der Waals surface area contributed by atoms with Crippen LogP contribution in [-0.2, 0) is 4.74 Å². The summed E-state index contributed by atoms with van der Waals surface area (Å²) in [6.07, 6.45) is 0. The maximum Gasteiger partial charge on any atom is 0.191 e. The first-order valence-electron chi connectivity index (χ1n) is 4.60. The van der Waals surface area contributed by atoms with E-state index in [1.54, 1.807) is 7.11 Å². The van der Waals surface area contributed by atoms with E-state index in [1.165, 1.54) is 7.11 Å². The van der Waals surface area contributed by atoms with Crippen LogP contribution in [0.3, 0.4) is 0 Å². The Hall–Kier alpha value is -0.430. The van der Waals surface area contributed by atoms with Crippen molar-refractivity contribution in [1.29, 1.82) is 0 Å². The minimum atomic E-state index is -0.960. The maximum absolute atomic E-state index is 6.33. The molecule has 0 saturated carbocycles. The fourth-order valence-corrected chi connectivity index (χ4v) is 3.13. The molecule has 1 rings (SSSR count). The molecular weight excluding hydrogens is 266 g/mol. The predicted octanol–water partition coefficient (Wildman–Crippen LogP) is 4.03. The van der Waals surface area contributed by atoms with Crippen molar-refractivity contribution in [3.05, 3.63) is 34.8 Å². The largest absolute Gasteiger partial charge is 0.497 e. The van der Waals surface area contributed by atoms with Crippen molar-refractivity contribution in [2.45, 2.75) is 6.92 Å². The van der Waals surface area contributed by atoms with Crippen LogP contribution in [0.15, 0.2) is 34.8 Å². The first-order valence-corrected chi connectivity index (χ1v) is 7.23. The number of ether oxygens (including phenoxy) is 2. The summed E-state index contributed by atoms with van der Waals surface area (Å²) in [6, 6.07) is 7.61. The average molecular weight is 279 g/mol. The van der Waals surface area contributed by atoms with E-state index in [9.17, 15) is 0 Å². The van der Waals surface area contributed by atoms with Crippen molar-refractivity contribution in [2.75, 3.05) is 14.2 Å². The summed E-state index contributed by atoms with van der Waals surface area (Å²) in [5, 5.41) is 2.23. The van der Waals surface area contributed by atoms with Gasteiger partial charge in [0, 0.05) is 5.31 Å². The van der Waals surface area contributed by atoms with E-state index in [2.05, 4.69) is 0 Å². The van der Waals surface area contributed by atoms with Crippen LogP contribution < -0.4 is 10.0 Å². The minimum Gasteiger partial charge on any atom is -0.497 e. The molecule has 0 N–H and O–H groups in total. The van der Waals surface area contributed by atoms with Crippen LogP contribution in [0.5, 0.6) is 5.75 Å². The van der Waals surface area contributed by atoms with Gasteiger partial charge in [0.05, 0.1) is 21.5 Å². The summed E-state index contributed by atoms with van der Waals surface area (Å²) in [7, 11) is 2.20. The molecule has 1 aromatic carbocycles. The van der Waals surface area contributed by atoms with Crippen molar-refractivity contribution >= 4 is 35.4 Å². The molecule has 2 nitrogen and oxygen atoms in total. The smallest absolute Gasteiger partial charge is 0.191 e. The van der Waals surface area contributed by atoms with Crippen LogP contribution in [0.1, 0.15) is 6.92 Å². The second-order valence-electron chi connectivity index (χ2n) is 3.04. The second kappa shape index (κ2) is 6.34. The molecule has 16 heavy (non-hydrogen) atoms. The van der Waals surface area contributed by atoms with Crippen LogP contribution in [-0.4, -0.2) is 14.2 Å². The lowest BCUT2D eigenvalue weighted by Crippen LogP contribution is -1.98. The fraction of sp³-hybridized carbons (Fsp3) is 0.273. The van der Waals surface area contributed by atoms with Gasteiger partial charge < -0.3 is 9.47 Å². The van der Waals surface area contributed by atoms with Crippen LogP contribution >= 0.6 is 30.1 Å². The molecule has 1 unspecified atom stereocenters. The van der Waals surface area contributed by atoms with E-state index in [4.69, 9.17) is 32.3 Å². The molecule has 0 amide bonds. The third-order valence-corrected chi connectivity index (χ3v) is 5.52. The molecule has 0 bridgehead atoms. The highest BCUT2D eigenvalue weighted by Gasteiger charge is 2.14. The molecule has 0 spiro atoms. The van der Waals surface area contributed by atoms with E-state index < -0.39 is 7.27 Å². The topological polar surface area (TPSA) is 18.5 Å². The summed E-state index contributed by atoms with van der Waals surface area (Å²) in [5.41, 5.74) is 0. The molecule has 0 aliphatic heterocycles. The number of rotatable bonds is 4. The van der Waals surface area contributed by atoms with Gasteiger partial charge in [-0.25, -0.2) is 0 Å². The molecule has 0 saturated heterocycles. The van der Waals surface area contributed by atoms with Gasteiger partial charge in [-0.1, -0.05) is 11.2 Å². The summed E-state index contributed by atoms with van der Waals surface area (Å²) < 4.78 is 10.0. The van der Waals surface area contributed by atoms with Gasteiger partial charge in [-0.05, 0) is 48.1 Å². The number of halogens is 2. The summed E-state index contributed by atoms with van der Waals surface area (Å²) in [6.45, 7) is 1.87. The van der Waals surface area contributed by atoms with Gasteiger partial charge in [-0.3, -0.25) is 0 Å². The molecular formula is C11H13Cl2O2P. The van der Waals surface area contributed by atoms with Crippen LogP contribution in [0.4, 0.5) is 0 Å². The molecule has 0 aliphatic rings. The lowest BCUT2D eigenvalue weighted by molar-refractivity contribution is 0.320. The monoisotopic (exact) mass is 278 g/mol. The Morgan fingerprint density at radius 3 is 2.19 bits per heavy atom. The summed E-state index contributed by atoms with van der Waals surface area (Å²) >= 11 is 12.2. The minimum absolute atomic E-state index is 0.358. The van der Waals surface area contributed by atoms with Crippen molar-refractivity contribution in [3.8, 4) is 5.75 Å². The van der Waals surface area contributed by atoms with E-state index in [1.807, 2.05) is 31.2 Å². The zero-order valence-electron chi connectivity index (χ0n) is 9.33. The molecule has 0 aromatic heterocycles. The molecule has 0 heterocycles. The lowest BCUT2D eigenvalue weighted by Gasteiger charge is -2.12. The number of allylic oxidation sites excluding steroid dienone is 1. The highest BCUT2D eigenvalue weighted by molar-refractivity contribution is 7.93. The average Bonchev–Trinajstić information content (AvgIpc) is 2.36. The standard InChI is InChI=1S/C11H13Cl2O2P/c1-8(11(12)15-3)16(13)10-6-4-9(14-2)5-7-10/h4-7H,1-3H3/b11-8-. The van der Waals surface area contributed by atoms with Crippen molar-refractivity contribution in [1.82, 2.24) is 0 Å².